The van der Waals surface area contributed by atoms with Crippen LogP contribution in [0, 0.1) is 17.8 Å². The maximum Gasteiger partial charge on any atom is 0.391 e. The summed E-state index contributed by atoms with van der Waals surface area (Å²) in [5.74, 6) is 1.85. The van der Waals surface area contributed by atoms with Crippen molar-refractivity contribution in [1.82, 2.24) is 5.32 Å². The van der Waals surface area contributed by atoms with Gasteiger partial charge in [-0.15, -0.1) is 0 Å². The molecule has 2 nitrogen and oxygen atoms in total. The van der Waals surface area contributed by atoms with Crippen LogP contribution in [0.25, 0.3) is 0 Å². The summed E-state index contributed by atoms with van der Waals surface area (Å²) in [5, 5.41) is 3.23. The molecule has 0 amide bonds. The number of piperidine rings is 1. The highest BCUT2D eigenvalue weighted by Gasteiger charge is 2.52. The van der Waals surface area contributed by atoms with E-state index in [-0.39, 0.29) is 6.61 Å². The minimum Gasteiger partial charge on any atom is -0.381 e. The Balaban J connectivity index is 1.53. The Kier molecular flexibility index (Phi) is 2.70. The highest BCUT2D eigenvalue weighted by molar-refractivity contribution is 5.03. The number of alkyl halides is 3. The molecule has 14 heavy (non-hydrogen) atoms. The maximum absolute atomic E-state index is 11.7. The van der Waals surface area contributed by atoms with Gasteiger partial charge >= 0.3 is 6.18 Å². The third kappa shape index (κ3) is 2.39. The number of nitrogens with one attached hydrogen (secondary N) is 1. The number of hydrogen-bond donors (Lipinski definition) is 1. The number of ether oxygens (including phenoxy) is 1. The second kappa shape index (κ2) is 3.70. The van der Waals surface area contributed by atoms with Crippen molar-refractivity contribution >= 4 is 0 Å². The van der Waals surface area contributed by atoms with Gasteiger partial charge in [0.15, 0.2) is 0 Å². The largest absolute Gasteiger partial charge is 0.391 e. The van der Waals surface area contributed by atoms with Crippen LogP contribution >= 0.6 is 0 Å². The molecule has 2 unspecified atom stereocenters. The van der Waals surface area contributed by atoms with Crippen LogP contribution in [0.4, 0.5) is 13.2 Å². The molecule has 1 heterocycles. The molecule has 0 radical (unpaired) electrons. The quantitative estimate of drug-likeness (QED) is 0.707. The lowest BCUT2D eigenvalue weighted by molar-refractivity contribution is -0.145. The molecule has 0 aromatic rings. The van der Waals surface area contributed by atoms with Gasteiger partial charge in [0, 0.05) is 0 Å². The molecule has 0 aromatic carbocycles. The predicted octanol–water partition coefficient (Wildman–Crippen LogP) is 1.42. The van der Waals surface area contributed by atoms with Crippen LogP contribution in [0.15, 0.2) is 0 Å². The zero-order valence-electron chi connectivity index (χ0n) is 7.81. The van der Waals surface area contributed by atoms with Gasteiger partial charge < -0.3 is 10.1 Å². The molecule has 82 valence electrons. The molecule has 1 saturated carbocycles. The molecule has 1 aliphatic carbocycles. The number of fused-ring (bicyclic) bond motifs is 1. The molecular weight excluding hydrogens is 195 g/mol. The van der Waals surface area contributed by atoms with Gasteiger partial charge in [0.2, 0.25) is 0 Å². The van der Waals surface area contributed by atoms with E-state index in [0.717, 1.165) is 13.1 Å². The monoisotopic (exact) mass is 209 g/mol. The van der Waals surface area contributed by atoms with Gasteiger partial charge in [0.25, 0.3) is 0 Å². The summed E-state index contributed by atoms with van der Waals surface area (Å²) < 4.78 is 40.2. The Morgan fingerprint density at radius 1 is 1.21 bits per heavy atom. The second-order valence-corrected chi connectivity index (χ2v) is 4.09. The minimum atomic E-state index is -4.08. The number of rotatable bonds is 4. The molecule has 5 heteroatoms. The molecule has 0 aromatic heterocycles. The Morgan fingerprint density at radius 3 is 2.43 bits per heavy atom. The van der Waals surface area contributed by atoms with Crippen molar-refractivity contribution in [3.05, 3.63) is 0 Å². The maximum atomic E-state index is 11.7. The molecular formula is C9H14F3NO. The first-order valence-corrected chi connectivity index (χ1v) is 4.93. The number of halogens is 3. The first-order valence-electron chi connectivity index (χ1n) is 4.93. The third-order valence-corrected chi connectivity index (χ3v) is 3.11. The summed E-state index contributed by atoms with van der Waals surface area (Å²) >= 11 is 0. The SMILES string of the molecule is FC(F)(F)CCOCC1C2CNCC21. The summed E-state index contributed by atoms with van der Waals surface area (Å²) in [6.45, 7) is 2.34. The van der Waals surface area contributed by atoms with Crippen LogP contribution in [0.1, 0.15) is 6.42 Å². The van der Waals surface area contributed by atoms with Crippen molar-refractivity contribution in [2.45, 2.75) is 12.6 Å². The molecule has 2 fully saturated rings. The predicted molar refractivity (Wildman–Crippen MR) is 44.8 cm³/mol. The lowest BCUT2D eigenvalue weighted by Gasteiger charge is -2.08. The molecule has 1 aliphatic heterocycles. The summed E-state index contributed by atoms with van der Waals surface area (Å²) in [6.07, 6.45) is -4.91. The second-order valence-electron chi connectivity index (χ2n) is 4.09. The van der Waals surface area contributed by atoms with E-state index in [0.29, 0.717) is 24.4 Å². The van der Waals surface area contributed by atoms with Gasteiger partial charge in [-0.1, -0.05) is 0 Å². The first kappa shape index (κ1) is 10.2. The fraction of sp³-hybridized carbons (Fsp3) is 1.00. The van der Waals surface area contributed by atoms with Crippen molar-refractivity contribution in [1.29, 1.82) is 0 Å². The molecule has 1 N–H and O–H groups in total. The standard InChI is InChI=1S/C9H14F3NO/c10-9(11,12)1-2-14-5-8-6-3-13-4-7(6)8/h6-8,13H,1-5H2. The van der Waals surface area contributed by atoms with E-state index in [4.69, 9.17) is 4.74 Å². The first-order chi connectivity index (χ1) is 6.58. The molecule has 2 atom stereocenters. The molecule has 2 rings (SSSR count). The molecule has 0 spiro atoms. The van der Waals surface area contributed by atoms with E-state index in [9.17, 15) is 13.2 Å². The minimum absolute atomic E-state index is 0.188. The van der Waals surface area contributed by atoms with Crippen LogP contribution in [0.3, 0.4) is 0 Å². The zero-order valence-corrected chi connectivity index (χ0v) is 7.81. The van der Waals surface area contributed by atoms with Gasteiger partial charge in [0.1, 0.15) is 0 Å². The van der Waals surface area contributed by atoms with Crippen molar-refractivity contribution in [2.75, 3.05) is 26.3 Å². The fourth-order valence-electron chi connectivity index (χ4n) is 2.20. The summed E-state index contributed by atoms with van der Waals surface area (Å²) in [4.78, 5) is 0. The van der Waals surface area contributed by atoms with Crippen LogP contribution in [0.5, 0.6) is 0 Å². The van der Waals surface area contributed by atoms with Crippen molar-refractivity contribution < 1.29 is 17.9 Å². The molecule has 1 saturated heterocycles. The van der Waals surface area contributed by atoms with Crippen LogP contribution in [0.2, 0.25) is 0 Å². The van der Waals surface area contributed by atoms with E-state index in [2.05, 4.69) is 5.32 Å². The average molecular weight is 209 g/mol. The zero-order chi connectivity index (χ0) is 10.2. The smallest absolute Gasteiger partial charge is 0.381 e. The van der Waals surface area contributed by atoms with Crippen molar-refractivity contribution in [3.63, 3.8) is 0 Å². The van der Waals surface area contributed by atoms with E-state index in [1.165, 1.54) is 0 Å². The summed E-state index contributed by atoms with van der Waals surface area (Å²) in [5.41, 5.74) is 0. The van der Waals surface area contributed by atoms with Crippen LogP contribution in [-0.2, 0) is 4.74 Å². The van der Waals surface area contributed by atoms with Gasteiger partial charge in [0.05, 0.1) is 19.6 Å². The Labute approximate surface area is 80.8 Å². The summed E-state index contributed by atoms with van der Waals surface area (Å²) in [6, 6.07) is 0. The van der Waals surface area contributed by atoms with Crippen molar-refractivity contribution in [3.8, 4) is 0 Å². The van der Waals surface area contributed by atoms with Gasteiger partial charge in [-0.3, -0.25) is 0 Å². The van der Waals surface area contributed by atoms with E-state index in [1.807, 2.05) is 0 Å². The van der Waals surface area contributed by atoms with Gasteiger partial charge in [-0.25, -0.2) is 0 Å². The van der Waals surface area contributed by atoms with E-state index < -0.39 is 12.6 Å². The fourth-order valence-corrected chi connectivity index (χ4v) is 2.20. The topological polar surface area (TPSA) is 21.3 Å². The van der Waals surface area contributed by atoms with E-state index in [1.54, 1.807) is 0 Å². The summed E-state index contributed by atoms with van der Waals surface area (Å²) in [7, 11) is 0. The lowest BCUT2D eigenvalue weighted by atomic mass is 10.3. The Morgan fingerprint density at radius 2 is 1.86 bits per heavy atom. The van der Waals surface area contributed by atoms with E-state index >= 15 is 0 Å². The highest BCUT2D eigenvalue weighted by Crippen LogP contribution is 2.48. The average Bonchev–Trinajstić information content (AvgIpc) is 2.56. The Bertz CT molecular complexity index is 197. The lowest BCUT2D eigenvalue weighted by Crippen LogP contribution is -2.18. The van der Waals surface area contributed by atoms with Crippen LogP contribution in [-0.4, -0.2) is 32.5 Å². The molecule has 2 aliphatic rings. The number of hydrogen-bond acceptors (Lipinski definition) is 2. The normalized spacial score (nSPS) is 35.8. The van der Waals surface area contributed by atoms with Crippen molar-refractivity contribution in [2.24, 2.45) is 17.8 Å². The Hall–Kier alpha value is -0.290. The van der Waals surface area contributed by atoms with Gasteiger partial charge in [-0.05, 0) is 30.8 Å². The third-order valence-electron chi connectivity index (χ3n) is 3.11. The highest BCUT2D eigenvalue weighted by atomic mass is 19.4. The van der Waals surface area contributed by atoms with Gasteiger partial charge in [-0.2, -0.15) is 13.2 Å². The molecule has 0 bridgehead atoms. The van der Waals surface area contributed by atoms with Crippen LogP contribution < -0.4 is 5.32 Å².